The van der Waals surface area contributed by atoms with Gasteiger partial charge in [0, 0.05) is 45.0 Å². The van der Waals surface area contributed by atoms with Gasteiger partial charge in [-0.2, -0.15) is 0 Å². The van der Waals surface area contributed by atoms with Gasteiger partial charge in [-0.15, -0.1) is 0 Å². The number of hydrogen-bond donors (Lipinski definition) is 0. The predicted octanol–water partition coefficient (Wildman–Crippen LogP) is 2.70. The van der Waals surface area contributed by atoms with Crippen molar-refractivity contribution in [3.8, 4) is 17.4 Å². The Labute approximate surface area is 183 Å². The zero-order valence-corrected chi connectivity index (χ0v) is 18.6. The lowest BCUT2D eigenvalue weighted by Crippen LogP contribution is -2.46. The Hall–Kier alpha value is -3.03. The van der Waals surface area contributed by atoms with E-state index in [-0.39, 0.29) is 24.2 Å². The number of rotatable bonds is 6. The van der Waals surface area contributed by atoms with E-state index in [1.807, 2.05) is 37.2 Å². The molecule has 1 aromatic heterocycles. The largest absolute Gasteiger partial charge is 0.483 e. The molecule has 0 spiro atoms. The number of fused-ring (bicyclic) bond motifs is 1. The molecule has 1 atom stereocenters. The Bertz CT molecular complexity index is 947. The van der Waals surface area contributed by atoms with Crippen LogP contribution in [-0.2, 0) is 11.2 Å². The molecular formula is C23H30N4O4. The van der Waals surface area contributed by atoms with Gasteiger partial charge in [0.1, 0.15) is 11.7 Å². The van der Waals surface area contributed by atoms with Crippen molar-refractivity contribution in [1.82, 2.24) is 14.9 Å². The fourth-order valence-electron chi connectivity index (χ4n) is 4.06. The summed E-state index contributed by atoms with van der Waals surface area (Å²) in [5.41, 5.74) is 0.858. The van der Waals surface area contributed by atoms with Crippen LogP contribution in [0.4, 0.5) is 5.82 Å². The molecule has 8 heteroatoms. The van der Waals surface area contributed by atoms with Crippen molar-refractivity contribution in [2.45, 2.75) is 44.8 Å². The number of nitrogens with zero attached hydrogens (tertiary/aromatic N) is 4. The van der Waals surface area contributed by atoms with Crippen LogP contribution in [0.5, 0.6) is 17.4 Å². The van der Waals surface area contributed by atoms with E-state index in [1.54, 1.807) is 17.3 Å². The lowest BCUT2D eigenvalue weighted by molar-refractivity contribution is -0.136. The van der Waals surface area contributed by atoms with Gasteiger partial charge >= 0.3 is 0 Å². The number of anilines is 1. The molecule has 0 saturated carbocycles. The number of carbonyl (C=O) groups excluding carboxylic acids is 1. The molecule has 3 heterocycles. The zero-order valence-electron chi connectivity index (χ0n) is 18.6. The van der Waals surface area contributed by atoms with Crippen LogP contribution in [0.2, 0.25) is 0 Å². The Morgan fingerprint density at radius 3 is 2.90 bits per heavy atom. The minimum atomic E-state index is -0.255. The highest BCUT2D eigenvalue weighted by Gasteiger charge is 2.33. The van der Waals surface area contributed by atoms with Crippen LogP contribution in [0.25, 0.3) is 0 Å². The molecule has 166 valence electrons. The van der Waals surface area contributed by atoms with Crippen molar-refractivity contribution in [1.29, 1.82) is 0 Å². The summed E-state index contributed by atoms with van der Waals surface area (Å²) in [6, 6.07) is 5.84. The van der Waals surface area contributed by atoms with E-state index >= 15 is 0 Å². The van der Waals surface area contributed by atoms with E-state index < -0.39 is 0 Å². The number of hydrogen-bond acceptors (Lipinski definition) is 7. The molecule has 0 radical (unpaired) electrons. The summed E-state index contributed by atoms with van der Waals surface area (Å²) in [6.07, 6.45) is 5.69. The second kappa shape index (κ2) is 8.61. The average molecular weight is 427 g/mol. The van der Waals surface area contributed by atoms with Crippen LogP contribution < -0.4 is 19.1 Å². The lowest BCUT2D eigenvalue weighted by Gasteiger charge is -2.33. The Balaban J connectivity index is 1.36. The summed E-state index contributed by atoms with van der Waals surface area (Å²) >= 11 is 0. The van der Waals surface area contributed by atoms with Crippen LogP contribution in [0.15, 0.2) is 30.6 Å². The monoisotopic (exact) mass is 426 g/mol. The van der Waals surface area contributed by atoms with Gasteiger partial charge in [-0.1, -0.05) is 12.1 Å². The molecule has 0 aliphatic carbocycles. The maximum Gasteiger partial charge on any atom is 0.260 e. The van der Waals surface area contributed by atoms with E-state index in [0.717, 1.165) is 30.6 Å². The number of likely N-dealkylation sites (tertiary alicyclic amines) is 1. The number of piperidine rings is 1. The summed E-state index contributed by atoms with van der Waals surface area (Å²) in [5.74, 6) is 2.48. The van der Waals surface area contributed by atoms with Crippen molar-refractivity contribution in [2.24, 2.45) is 0 Å². The first-order valence-corrected chi connectivity index (χ1v) is 10.7. The fourth-order valence-corrected chi connectivity index (χ4v) is 4.06. The molecule has 1 aromatic carbocycles. The minimum Gasteiger partial charge on any atom is -0.483 e. The van der Waals surface area contributed by atoms with Crippen molar-refractivity contribution in [2.75, 3.05) is 38.7 Å². The van der Waals surface area contributed by atoms with Gasteiger partial charge in [0.05, 0.1) is 6.54 Å². The quantitative estimate of drug-likeness (QED) is 0.703. The molecular weight excluding hydrogens is 396 g/mol. The highest BCUT2D eigenvalue weighted by Crippen LogP contribution is 2.41. The first-order valence-electron chi connectivity index (χ1n) is 10.7. The van der Waals surface area contributed by atoms with Crippen molar-refractivity contribution >= 4 is 11.7 Å². The first kappa shape index (κ1) is 21.2. The van der Waals surface area contributed by atoms with Crippen molar-refractivity contribution < 1.29 is 19.0 Å². The van der Waals surface area contributed by atoms with Crippen LogP contribution >= 0.6 is 0 Å². The van der Waals surface area contributed by atoms with Gasteiger partial charge in [-0.3, -0.25) is 4.79 Å². The SMILES string of the molecule is CN(C)c1nccnc1OC1CCCN(C(=O)COc2cccc3c2OC(C)(C)C3)C1. The minimum absolute atomic E-state index is 0.0267. The molecule has 1 unspecified atom stereocenters. The molecule has 1 amide bonds. The van der Waals surface area contributed by atoms with Crippen LogP contribution in [0.3, 0.4) is 0 Å². The predicted molar refractivity (Wildman–Crippen MR) is 117 cm³/mol. The standard InChI is InChI=1S/C23H30N4O4/c1-23(2)13-16-7-5-9-18(20(16)31-23)29-15-19(28)27-12-6-8-17(14-27)30-22-21(26(3)4)24-10-11-25-22/h5,7,9-11,17H,6,8,12-15H2,1-4H3. The third kappa shape index (κ3) is 4.84. The number of carbonyl (C=O) groups is 1. The highest BCUT2D eigenvalue weighted by atomic mass is 16.5. The van der Waals surface area contributed by atoms with E-state index in [0.29, 0.717) is 30.5 Å². The number of ether oxygens (including phenoxy) is 3. The normalized spacial score (nSPS) is 19.4. The van der Waals surface area contributed by atoms with Gasteiger partial charge in [0.15, 0.2) is 23.9 Å². The summed E-state index contributed by atoms with van der Waals surface area (Å²) in [5, 5.41) is 0. The van der Waals surface area contributed by atoms with Crippen LogP contribution in [0.1, 0.15) is 32.3 Å². The van der Waals surface area contributed by atoms with Crippen LogP contribution in [-0.4, -0.2) is 66.3 Å². The molecule has 2 aromatic rings. The lowest BCUT2D eigenvalue weighted by atomic mass is 10.0. The Morgan fingerprint density at radius 1 is 1.29 bits per heavy atom. The van der Waals surface area contributed by atoms with Gasteiger partial charge in [0.2, 0.25) is 0 Å². The smallest absolute Gasteiger partial charge is 0.260 e. The maximum absolute atomic E-state index is 12.8. The fraction of sp³-hybridized carbons (Fsp3) is 0.522. The maximum atomic E-state index is 12.8. The molecule has 1 fully saturated rings. The number of benzene rings is 1. The van der Waals surface area contributed by atoms with E-state index in [1.165, 1.54) is 0 Å². The molecule has 8 nitrogen and oxygen atoms in total. The average Bonchev–Trinajstić information content (AvgIpc) is 3.07. The van der Waals surface area contributed by atoms with Gasteiger partial charge < -0.3 is 24.0 Å². The Kier molecular flexibility index (Phi) is 5.89. The summed E-state index contributed by atoms with van der Waals surface area (Å²) in [6.45, 7) is 5.27. The first-order chi connectivity index (χ1) is 14.8. The third-order valence-electron chi connectivity index (χ3n) is 5.49. The van der Waals surface area contributed by atoms with Gasteiger partial charge in [0.25, 0.3) is 11.8 Å². The molecule has 0 N–H and O–H groups in total. The second-order valence-electron chi connectivity index (χ2n) is 8.87. The molecule has 31 heavy (non-hydrogen) atoms. The third-order valence-corrected chi connectivity index (χ3v) is 5.49. The van der Waals surface area contributed by atoms with Gasteiger partial charge in [-0.05, 0) is 32.8 Å². The zero-order chi connectivity index (χ0) is 22.0. The van der Waals surface area contributed by atoms with E-state index in [2.05, 4.69) is 23.8 Å². The summed E-state index contributed by atoms with van der Waals surface area (Å²) < 4.78 is 18.0. The van der Waals surface area contributed by atoms with Crippen molar-refractivity contribution in [3.63, 3.8) is 0 Å². The summed E-state index contributed by atoms with van der Waals surface area (Å²) in [7, 11) is 3.80. The molecule has 4 rings (SSSR count). The topological polar surface area (TPSA) is 77.0 Å². The molecule has 1 saturated heterocycles. The molecule has 0 bridgehead atoms. The molecule has 2 aliphatic heterocycles. The second-order valence-corrected chi connectivity index (χ2v) is 8.87. The van der Waals surface area contributed by atoms with E-state index in [9.17, 15) is 4.79 Å². The van der Waals surface area contributed by atoms with Crippen LogP contribution in [0, 0.1) is 0 Å². The number of amides is 1. The molecule has 2 aliphatic rings. The van der Waals surface area contributed by atoms with Crippen molar-refractivity contribution in [3.05, 3.63) is 36.2 Å². The highest BCUT2D eigenvalue weighted by molar-refractivity contribution is 5.78. The number of para-hydroxylation sites is 1. The summed E-state index contributed by atoms with van der Waals surface area (Å²) in [4.78, 5) is 25.1. The van der Waals surface area contributed by atoms with E-state index in [4.69, 9.17) is 14.2 Å². The number of aromatic nitrogens is 2. The Morgan fingerprint density at radius 2 is 2.10 bits per heavy atom. The van der Waals surface area contributed by atoms with Gasteiger partial charge in [-0.25, -0.2) is 9.97 Å².